The zero-order valence-corrected chi connectivity index (χ0v) is 20.9. The van der Waals surface area contributed by atoms with Crippen molar-refractivity contribution in [2.45, 2.75) is 32.0 Å². The zero-order chi connectivity index (χ0) is 26.6. The Morgan fingerprint density at radius 3 is 2.30 bits per heavy atom. The predicted octanol–water partition coefficient (Wildman–Crippen LogP) is 2.23. The Morgan fingerprint density at radius 2 is 1.62 bits per heavy atom. The Kier molecular flexibility index (Phi) is 10.2. The summed E-state index contributed by atoms with van der Waals surface area (Å²) in [5.74, 6) is -2.36. The van der Waals surface area contributed by atoms with Gasteiger partial charge in [0.2, 0.25) is 11.7 Å². The molecular weight excluding hydrogens is 496 g/mol. The molecule has 9 nitrogen and oxygen atoms in total. The number of ether oxygens (including phenoxy) is 1. The number of carbonyl (C=O) groups excluding carboxylic acids is 4. The normalized spacial score (nSPS) is 12.1. The average Bonchev–Trinajstić information content (AvgIpc) is 2.91. The predicted molar refractivity (Wildman–Crippen MR) is 138 cm³/mol. The summed E-state index contributed by atoms with van der Waals surface area (Å²) in [6, 6.07) is 18.6. The zero-order valence-electron chi connectivity index (χ0n) is 20.1. The fraction of sp³-hybridized carbons (Fsp3) is 0.222. The van der Waals surface area contributed by atoms with Crippen molar-refractivity contribution in [3.8, 4) is 5.75 Å². The van der Waals surface area contributed by atoms with Crippen LogP contribution in [0.4, 0.5) is 0 Å². The standard InChI is InChI=1S/C27H27ClN4O5/c1-18(31-24(33)17-37-22-12-10-20(28)11-13-22)26(35)32-23(15-19-7-3-2-4-8-19)25(34)27(36)30-16-21-9-5-6-14-29-21/h2-14,18,23H,15-17H2,1H3,(H,30,36)(H,31,33)(H,32,35)/t18-,23-/m1/s1. The van der Waals surface area contributed by atoms with E-state index in [0.29, 0.717) is 16.5 Å². The third-order valence-corrected chi connectivity index (χ3v) is 5.50. The average molecular weight is 523 g/mol. The largest absolute Gasteiger partial charge is 0.484 e. The Morgan fingerprint density at radius 1 is 0.919 bits per heavy atom. The van der Waals surface area contributed by atoms with Crippen LogP contribution in [0.1, 0.15) is 18.2 Å². The third kappa shape index (κ3) is 9.05. The number of halogens is 1. The smallest absolute Gasteiger partial charge is 0.289 e. The van der Waals surface area contributed by atoms with Crippen LogP contribution in [-0.4, -0.2) is 47.2 Å². The van der Waals surface area contributed by atoms with Gasteiger partial charge >= 0.3 is 0 Å². The van der Waals surface area contributed by atoms with Crippen molar-refractivity contribution in [3.63, 3.8) is 0 Å². The minimum atomic E-state index is -1.14. The first-order valence-electron chi connectivity index (χ1n) is 11.6. The Bertz CT molecular complexity index is 1210. The number of rotatable bonds is 12. The van der Waals surface area contributed by atoms with E-state index < -0.39 is 35.6 Å². The number of Topliss-reactive ketones (excluding diaryl/α,β-unsaturated/α-hetero) is 1. The van der Waals surface area contributed by atoms with Crippen LogP contribution in [-0.2, 0) is 32.1 Å². The van der Waals surface area contributed by atoms with Crippen molar-refractivity contribution < 1.29 is 23.9 Å². The highest BCUT2D eigenvalue weighted by molar-refractivity contribution is 6.38. The molecule has 0 radical (unpaired) electrons. The minimum Gasteiger partial charge on any atom is -0.484 e. The molecule has 1 heterocycles. The lowest BCUT2D eigenvalue weighted by atomic mass is 10.0. The summed E-state index contributed by atoms with van der Waals surface area (Å²) >= 11 is 5.83. The van der Waals surface area contributed by atoms with Crippen molar-refractivity contribution in [2.75, 3.05) is 6.61 Å². The Balaban J connectivity index is 1.58. The Labute approximate surface area is 219 Å². The van der Waals surface area contributed by atoms with E-state index in [4.69, 9.17) is 16.3 Å². The third-order valence-electron chi connectivity index (χ3n) is 5.25. The van der Waals surface area contributed by atoms with Crippen molar-refractivity contribution in [2.24, 2.45) is 0 Å². The van der Waals surface area contributed by atoms with Crippen LogP contribution in [0.5, 0.6) is 5.75 Å². The second kappa shape index (κ2) is 13.7. The van der Waals surface area contributed by atoms with E-state index in [1.54, 1.807) is 72.9 Å². The molecule has 3 rings (SSSR count). The van der Waals surface area contributed by atoms with E-state index in [1.807, 2.05) is 6.07 Å². The molecule has 0 saturated heterocycles. The van der Waals surface area contributed by atoms with E-state index in [9.17, 15) is 19.2 Å². The summed E-state index contributed by atoms with van der Waals surface area (Å²) in [5, 5.41) is 8.19. The van der Waals surface area contributed by atoms with Gasteiger partial charge in [-0.3, -0.25) is 24.2 Å². The summed E-state index contributed by atoms with van der Waals surface area (Å²) in [6.07, 6.45) is 1.68. The molecule has 10 heteroatoms. The van der Waals surface area contributed by atoms with Crippen molar-refractivity contribution in [1.82, 2.24) is 20.9 Å². The van der Waals surface area contributed by atoms with Crippen LogP contribution >= 0.6 is 11.6 Å². The van der Waals surface area contributed by atoms with Gasteiger partial charge in [-0.1, -0.05) is 48.0 Å². The number of amides is 3. The van der Waals surface area contributed by atoms with E-state index in [-0.39, 0.29) is 19.6 Å². The summed E-state index contributed by atoms with van der Waals surface area (Å²) in [7, 11) is 0. The molecule has 1 aromatic heterocycles. The first kappa shape index (κ1) is 27.3. The van der Waals surface area contributed by atoms with Gasteiger partial charge in [0, 0.05) is 17.6 Å². The molecule has 0 bridgehead atoms. The number of carbonyl (C=O) groups is 4. The number of pyridine rings is 1. The van der Waals surface area contributed by atoms with Crippen LogP contribution in [0.25, 0.3) is 0 Å². The highest BCUT2D eigenvalue weighted by atomic mass is 35.5. The number of benzene rings is 2. The maximum Gasteiger partial charge on any atom is 0.289 e. The second-order valence-corrected chi connectivity index (χ2v) is 8.59. The molecule has 0 aliphatic rings. The lowest BCUT2D eigenvalue weighted by molar-refractivity contribution is -0.140. The van der Waals surface area contributed by atoms with Crippen LogP contribution in [0.15, 0.2) is 79.0 Å². The van der Waals surface area contributed by atoms with Gasteiger partial charge in [0.15, 0.2) is 6.61 Å². The summed E-state index contributed by atoms with van der Waals surface area (Å²) in [4.78, 5) is 54.7. The number of hydrogen-bond acceptors (Lipinski definition) is 6. The highest BCUT2D eigenvalue weighted by Crippen LogP contribution is 2.15. The molecule has 0 unspecified atom stereocenters. The molecule has 0 fully saturated rings. The molecule has 37 heavy (non-hydrogen) atoms. The van der Waals surface area contributed by atoms with Gasteiger partial charge in [-0.15, -0.1) is 0 Å². The molecule has 2 aromatic carbocycles. The molecule has 192 valence electrons. The number of hydrogen-bond donors (Lipinski definition) is 3. The van der Waals surface area contributed by atoms with Crippen LogP contribution in [0.3, 0.4) is 0 Å². The van der Waals surface area contributed by atoms with Gasteiger partial charge in [0.05, 0.1) is 12.2 Å². The van der Waals surface area contributed by atoms with Crippen molar-refractivity contribution in [3.05, 3.63) is 95.3 Å². The molecule has 0 saturated carbocycles. The van der Waals surface area contributed by atoms with Crippen molar-refractivity contribution >= 4 is 35.1 Å². The van der Waals surface area contributed by atoms with E-state index in [1.165, 1.54) is 6.92 Å². The SMILES string of the molecule is C[C@@H](NC(=O)COc1ccc(Cl)cc1)C(=O)N[C@H](Cc1ccccc1)C(=O)C(=O)NCc1ccccn1. The van der Waals surface area contributed by atoms with Gasteiger partial charge < -0.3 is 20.7 Å². The molecule has 3 N–H and O–H groups in total. The molecule has 0 aliphatic heterocycles. The highest BCUT2D eigenvalue weighted by Gasteiger charge is 2.29. The van der Waals surface area contributed by atoms with E-state index in [2.05, 4.69) is 20.9 Å². The molecular formula is C27H27ClN4O5. The van der Waals surface area contributed by atoms with E-state index >= 15 is 0 Å². The maximum atomic E-state index is 13.0. The van der Waals surface area contributed by atoms with Crippen LogP contribution in [0, 0.1) is 0 Å². The summed E-state index contributed by atoms with van der Waals surface area (Å²) in [5.41, 5.74) is 1.34. The first-order valence-corrected chi connectivity index (χ1v) is 11.9. The quantitative estimate of drug-likeness (QED) is 0.313. The number of nitrogens with one attached hydrogen (secondary N) is 3. The molecule has 3 aromatic rings. The second-order valence-electron chi connectivity index (χ2n) is 8.15. The molecule has 3 amide bonds. The fourth-order valence-electron chi connectivity index (χ4n) is 3.30. The number of nitrogens with zero attached hydrogens (tertiary/aromatic N) is 1. The molecule has 0 aliphatic carbocycles. The van der Waals surface area contributed by atoms with Gasteiger partial charge in [-0.25, -0.2) is 0 Å². The fourth-order valence-corrected chi connectivity index (χ4v) is 3.43. The number of aromatic nitrogens is 1. The lowest BCUT2D eigenvalue weighted by Gasteiger charge is -2.21. The summed E-state index contributed by atoms with van der Waals surface area (Å²) in [6.45, 7) is 1.22. The van der Waals surface area contributed by atoms with Gasteiger partial charge in [-0.05, 0) is 48.9 Å². The van der Waals surface area contributed by atoms with Crippen molar-refractivity contribution in [1.29, 1.82) is 0 Å². The van der Waals surface area contributed by atoms with Crippen LogP contribution < -0.4 is 20.7 Å². The van der Waals surface area contributed by atoms with E-state index in [0.717, 1.165) is 5.56 Å². The maximum absolute atomic E-state index is 13.0. The van der Waals surface area contributed by atoms with Crippen LogP contribution in [0.2, 0.25) is 5.02 Å². The minimum absolute atomic E-state index is 0.0670. The Hall–Kier alpha value is -4.24. The van der Waals surface area contributed by atoms with Gasteiger partial charge in [0.25, 0.3) is 11.8 Å². The van der Waals surface area contributed by atoms with Gasteiger partial charge in [0.1, 0.15) is 17.8 Å². The summed E-state index contributed by atoms with van der Waals surface area (Å²) < 4.78 is 5.38. The topological polar surface area (TPSA) is 126 Å². The molecule has 0 spiro atoms. The number of ketones is 1. The monoisotopic (exact) mass is 522 g/mol. The molecule has 2 atom stereocenters. The lowest BCUT2D eigenvalue weighted by Crippen LogP contribution is -2.54. The van der Waals surface area contributed by atoms with Gasteiger partial charge in [-0.2, -0.15) is 0 Å². The first-order chi connectivity index (χ1) is 17.8.